The minimum absolute atomic E-state index is 0.106. The van der Waals surface area contributed by atoms with Gasteiger partial charge in [-0.05, 0) is 30.5 Å². The van der Waals surface area contributed by atoms with Gasteiger partial charge in [-0.1, -0.05) is 18.5 Å². The normalized spacial score (nSPS) is 12.6. The van der Waals surface area contributed by atoms with Crippen LogP contribution in [-0.2, 0) is 26.3 Å². The van der Waals surface area contributed by atoms with E-state index in [-0.39, 0.29) is 6.04 Å². The molecule has 0 aliphatic carbocycles. The Kier molecular flexibility index (Phi) is 5.11. The van der Waals surface area contributed by atoms with Crippen LogP contribution in [0.2, 0.25) is 5.02 Å². The summed E-state index contributed by atoms with van der Waals surface area (Å²) >= 11 is 6.37. The molecule has 0 aliphatic rings. The predicted molar refractivity (Wildman–Crippen MR) is 80.4 cm³/mol. The number of nitrogens with one attached hydrogen (secondary N) is 1. The molecule has 2 rings (SSSR count). The van der Waals surface area contributed by atoms with E-state index in [4.69, 9.17) is 17.4 Å². The Morgan fingerprint density at radius 3 is 2.60 bits per heavy atom. The maximum absolute atomic E-state index is 6.37. The van der Waals surface area contributed by atoms with Gasteiger partial charge in [-0.15, -0.1) is 0 Å². The summed E-state index contributed by atoms with van der Waals surface area (Å²) in [5.41, 5.74) is 6.00. The molecule has 3 N–H and O–H groups in total. The van der Waals surface area contributed by atoms with E-state index in [1.54, 1.807) is 12.4 Å². The van der Waals surface area contributed by atoms with Crippen molar-refractivity contribution >= 4 is 11.6 Å². The first kappa shape index (κ1) is 15.0. The van der Waals surface area contributed by atoms with Gasteiger partial charge in [0.05, 0.1) is 16.4 Å². The number of nitrogens with two attached hydrogens (primary N) is 1. The minimum atomic E-state index is 0.106. The zero-order valence-corrected chi connectivity index (χ0v) is 12.6. The first-order valence-corrected chi connectivity index (χ1v) is 7.08. The Labute approximate surface area is 124 Å². The average molecular weight is 294 g/mol. The molecule has 1 unspecified atom stereocenters. The first-order chi connectivity index (χ1) is 9.65. The lowest BCUT2D eigenvalue weighted by atomic mass is 10.0. The summed E-state index contributed by atoms with van der Waals surface area (Å²) in [6, 6.07) is 4.09. The molecule has 0 radical (unpaired) electrons. The second kappa shape index (κ2) is 6.83. The third-order valence-electron chi connectivity index (χ3n) is 3.41. The molecule has 6 heteroatoms. The van der Waals surface area contributed by atoms with Crippen LogP contribution in [0, 0.1) is 0 Å². The van der Waals surface area contributed by atoms with E-state index in [0.29, 0.717) is 0 Å². The topological polar surface area (TPSA) is 68.8 Å². The van der Waals surface area contributed by atoms with Gasteiger partial charge in [0.2, 0.25) is 0 Å². The van der Waals surface area contributed by atoms with Gasteiger partial charge < -0.3 is 0 Å². The number of hydrogen-bond acceptors (Lipinski definition) is 4. The van der Waals surface area contributed by atoms with E-state index in [1.807, 2.05) is 30.8 Å². The average Bonchev–Trinajstić information content (AvgIpc) is 2.74. The first-order valence-electron chi connectivity index (χ1n) is 6.71. The Bertz CT molecular complexity index is 552. The van der Waals surface area contributed by atoms with Gasteiger partial charge in [-0.3, -0.25) is 20.9 Å². The molecule has 0 saturated carbocycles. The Morgan fingerprint density at radius 2 is 2.05 bits per heavy atom. The van der Waals surface area contributed by atoms with Crippen LogP contribution in [0.25, 0.3) is 0 Å². The van der Waals surface area contributed by atoms with Crippen LogP contribution < -0.4 is 11.3 Å². The highest BCUT2D eigenvalue weighted by atomic mass is 35.5. The molecule has 108 valence electrons. The quantitative estimate of drug-likeness (QED) is 0.628. The number of pyridine rings is 1. The Balaban J connectivity index is 2.12. The number of hydrazine groups is 1. The minimum Gasteiger partial charge on any atom is -0.271 e. The van der Waals surface area contributed by atoms with Crippen LogP contribution in [0.1, 0.15) is 23.9 Å². The maximum Gasteiger partial charge on any atom is 0.0850 e. The lowest BCUT2D eigenvalue weighted by Gasteiger charge is -2.16. The molecule has 0 aliphatic heterocycles. The van der Waals surface area contributed by atoms with Crippen LogP contribution in [0.3, 0.4) is 0 Å². The molecule has 0 saturated heterocycles. The van der Waals surface area contributed by atoms with Crippen molar-refractivity contribution in [3.8, 4) is 0 Å². The fourth-order valence-electron chi connectivity index (χ4n) is 2.27. The van der Waals surface area contributed by atoms with Crippen molar-refractivity contribution in [2.45, 2.75) is 32.2 Å². The van der Waals surface area contributed by atoms with Crippen LogP contribution >= 0.6 is 11.6 Å². The fraction of sp³-hybridized carbons (Fsp3) is 0.429. The van der Waals surface area contributed by atoms with Crippen molar-refractivity contribution in [2.75, 3.05) is 0 Å². The monoisotopic (exact) mass is 293 g/mol. The third kappa shape index (κ3) is 3.36. The molecule has 0 fully saturated rings. The van der Waals surface area contributed by atoms with Gasteiger partial charge in [-0.25, -0.2) is 0 Å². The maximum atomic E-state index is 6.37. The highest BCUT2D eigenvalue weighted by Gasteiger charge is 2.17. The smallest absolute Gasteiger partial charge is 0.0850 e. The second-order valence-electron chi connectivity index (χ2n) is 4.81. The van der Waals surface area contributed by atoms with Gasteiger partial charge >= 0.3 is 0 Å². The number of aryl methyl sites for hydroxylation is 2. The van der Waals surface area contributed by atoms with Crippen LogP contribution in [0.15, 0.2) is 24.5 Å². The molecule has 0 spiro atoms. The molecule has 2 aromatic rings. The van der Waals surface area contributed by atoms with E-state index in [0.717, 1.165) is 35.7 Å². The van der Waals surface area contributed by atoms with Crippen molar-refractivity contribution < 1.29 is 0 Å². The van der Waals surface area contributed by atoms with Gasteiger partial charge in [0.15, 0.2) is 0 Å². The largest absolute Gasteiger partial charge is 0.271 e. The summed E-state index contributed by atoms with van der Waals surface area (Å²) in [7, 11) is 1.92. The Morgan fingerprint density at radius 1 is 1.35 bits per heavy atom. The van der Waals surface area contributed by atoms with Crippen LogP contribution in [-0.4, -0.2) is 20.8 Å². The van der Waals surface area contributed by atoms with Crippen molar-refractivity contribution in [1.29, 1.82) is 0 Å². The fourth-order valence-corrected chi connectivity index (χ4v) is 2.64. The zero-order chi connectivity index (χ0) is 14.5. The lowest BCUT2D eigenvalue weighted by molar-refractivity contribution is 0.505. The molecular weight excluding hydrogens is 274 g/mol. The molecule has 0 amide bonds. The molecular formula is C14H20ClN5. The van der Waals surface area contributed by atoms with Crippen molar-refractivity contribution in [1.82, 2.24) is 20.2 Å². The highest BCUT2D eigenvalue weighted by molar-refractivity contribution is 6.31. The number of hydrogen-bond donors (Lipinski definition) is 2. The Hall–Kier alpha value is -1.43. The van der Waals surface area contributed by atoms with E-state index < -0.39 is 0 Å². The zero-order valence-electron chi connectivity index (χ0n) is 11.8. The second-order valence-corrected chi connectivity index (χ2v) is 5.19. The predicted octanol–water partition coefficient (Wildman–Crippen LogP) is 1.65. The van der Waals surface area contributed by atoms with Gasteiger partial charge in [-0.2, -0.15) is 5.10 Å². The molecule has 20 heavy (non-hydrogen) atoms. The van der Waals surface area contributed by atoms with Gasteiger partial charge in [0.1, 0.15) is 0 Å². The summed E-state index contributed by atoms with van der Waals surface area (Å²) in [4.78, 5) is 4.02. The number of aromatic nitrogens is 3. The standard InChI is InChI=1S/C14H20ClN5/c1-3-12-14(15)13(20(2)19-12)9-11(18-16)8-10-4-6-17-7-5-10/h4-7,11,18H,3,8-9,16H2,1-2H3. The number of nitrogens with zero attached hydrogens (tertiary/aromatic N) is 3. The van der Waals surface area contributed by atoms with Crippen LogP contribution in [0.4, 0.5) is 0 Å². The molecule has 1 atom stereocenters. The summed E-state index contributed by atoms with van der Waals surface area (Å²) in [6.45, 7) is 2.05. The summed E-state index contributed by atoms with van der Waals surface area (Å²) in [5.74, 6) is 5.67. The van der Waals surface area contributed by atoms with E-state index in [2.05, 4.69) is 15.5 Å². The van der Waals surface area contributed by atoms with Crippen molar-refractivity contribution in [2.24, 2.45) is 12.9 Å². The number of rotatable bonds is 6. The van der Waals surface area contributed by atoms with Gasteiger partial charge in [0, 0.05) is 31.9 Å². The van der Waals surface area contributed by atoms with E-state index >= 15 is 0 Å². The molecule has 2 heterocycles. The van der Waals surface area contributed by atoms with Gasteiger partial charge in [0.25, 0.3) is 0 Å². The van der Waals surface area contributed by atoms with E-state index in [9.17, 15) is 0 Å². The SMILES string of the molecule is CCc1nn(C)c(CC(Cc2ccncc2)NN)c1Cl. The highest BCUT2D eigenvalue weighted by Crippen LogP contribution is 2.22. The number of halogens is 1. The van der Waals surface area contributed by atoms with Crippen LogP contribution in [0.5, 0.6) is 0 Å². The molecule has 2 aromatic heterocycles. The molecule has 0 bridgehead atoms. The molecule has 5 nitrogen and oxygen atoms in total. The van der Waals surface area contributed by atoms with Crippen molar-refractivity contribution in [3.05, 3.63) is 46.5 Å². The summed E-state index contributed by atoms with van der Waals surface area (Å²) < 4.78 is 1.85. The van der Waals surface area contributed by atoms with Crippen molar-refractivity contribution in [3.63, 3.8) is 0 Å². The third-order valence-corrected chi connectivity index (χ3v) is 3.85. The lowest BCUT2D eigenvalue weighted by Crippen LogP contribution is -2.39. The van der Waals surface area contributed by atoms with E-state index in [1.165, 1.54) is 5.56 Å². The molecule has 0 aromatic carbocycles. The summed E-state index contributed by atoms with van der Waals surface area (Å²) in [5, 5.41) is 5.18. The summed E-state index contributed by atoms with van der Waals surface area (Å²) in [6.07, 6.45) is 5.96.